The molecule has 1 aliphatic rings. The van der Waals surface area contributed by atoms with Crippen molar-refractivity contribution < 1.29 is 19.6 Å². The minimum absolute atomic E-state index is 0.0167. The van der Waals surface area contributed by atoms with Crippen molar-refractivity contribution in [3.63, 3.8) is 0 Å². The smallest absolute Gasteiger partial charge is 0.409 e. The maximum absolute atomic E-state index is 12.8. The Morgan fingerprint density at radius 3 is 2.65 bits per heavy atom. The molecule has 26 heavy (non-hydrogen) atoms. The standard InChI is InChI=1S/C16H8N4O6/c21-13-10-6-8(20(25)26)2-4-12(10)19-14(13)18-11-5-7(17-16(23)24)1-3-9(11)15(19)22/h1-6,17H,(H,23,24). The van der Waals surface area contributed by atoms with Crippen LogP contribution >= 0.6 is 0 Å². The van der Waals surface area contributed by atoms with E-state index in [1.165, 1.54) is 30.3 Å². The molecule has 1 amide bonds. The number of carbonyl (C=O) groups excluding carboxylic acids is 1. The van der Waals surface area contributed by atoms with Gasteiger partial charge in [-0.05, 0) is 24.3 Å². The quantitative estimate of drug-likeness (QED) is 0.414. The maximum Gasteiger partial charge on any atom is 0.409 e. The van der Waals surface area contributed by atoms with Gasteiger partial charge in [0.05, 0.1) is 27.1 Å². The normalized spacial score (nSPS) is 11.9. The van der Waals surface area contributed by atoms with Crippen LogP contribution in [0.4, 0.5) is 16.2 Å². The zero-order valence-corrected chi connectivity index (χ0v) is 12.8. The average molecular weight is 352 g/mol. The molecule has 1 aromatic heterocycles. The second-order valence-corrected chi connectivity index (χ2v) is 5.53. The van der Waals surface area contributed by atoms with Crippen LogP contribution in [0.2, 0.25) is 0 Å². The fourth-order valence-corrected chi connectivity index (χ4v) is 2.90. The summed E-state index contributed by atoms with van der Waals surface area (Å²) in [5.74, 6) is -0.787. The van der Waals surface area contributed by atoms with Crippen LogP contribution in [-0.4, -0.2) is 31.5 Å². The van der Waals surface area contributed by atoms with Gasteiger partial charge in [0.25, 0.3) is 11.2 Å². The van der Waals surface area contributed by atoms with E-state index in [4.69, 9.17) is 5.11 Å². The Hall–Kier alpha value is -4.08. The van der Waals surface area contributed by atoms with Gasteiger partial charge < -0.3 is 5.11 Å². The molecule has 128 valence electrons. The van der Waals surface area contributed by atoms with E-state index >= 15 is 0 Å². The zero-order chi connectivity index (χ0) is 18.6. The lowest BCUT2D eigenvalue weighted by molar-refractivity contribution is -0.384. The zero-order valence-electron chi connectivity index (χ0n) is 12.8. The lowest BCUT2D eigenvalue weighted by Crippen LogP contribution is -2.21. The first kappa shape index (κ1) is 15.4. The molecule has 0 atom stereocenters. The second-order valence-electron chi connectivity index (χ2n) is 5.53. The molecule has 0 spiro atoms. The second kappa shape index (κ2) is 5.21. The summed E-state index contributed by atoms with van der Waals surface area (Å²) in [6.07, 6.45) is -1.28. The van der Waals surface area contributed by atoms with E-state index < -0.39 is 22.4 Å². The van der Waals surface area contributed by atoms with Gasteiger partial charge in [0.1, 0.15) is 0 Å². The fourth-order valence-electron chi connectivity index (χ4n) is 2.90. The molecule has 0 bridgehead atoms. The van der Waals surface area contributed by atoms with E-state index in [9.17, 15) is 24.5 Å². The van der Waals surface area contributed by atoms with Crippen LogP contribution in [0.3, 0.4) is 0 Å². The van der Waals surface area contributed by atoms with Gasteiger partial charge in [-0.25, -0.2) is 9.78 Å². The van der Waals surface area contributed by atoms with Gasteiger partial charge >= 0.3 is 6.09 Å². The Bertz CT molecular complexity index is 1210. The molecule has 0 fully saturated rings. The van der Waals surface area contributed by atoms with Gasteiger partial charge in [0.2, 0.25) is 5.78 Å². The topological polar surface area (TPSA) is 144 Å². The lowest BCUT2D eigenvalue weighted by Gasteiger charge is -2.07. The average Bonchev–Trinajstić information content (AvgIpc) is 2.86. The van der Waals surface area contributed by atoms with E-state index in [1.54, 1.807) is 0 Å². The van der Waals surface area contributed by atoms with Gasteiger partial charge in [-0.2, -0.15) is 0 Å². The summed E-state index contributed by atoms with van der Waals surface area (Å²) >= 11 is 0. The van der Waals surface area contributed by atoms with Gasteiger partial charge in [0, 0.05) is 17.8 Å². The first-order chi connectivity index (χ1) is 12.4. The molecule has 3 aromatic rings. The fraction of sp³-hybridized carbons (Fsp3) is 0. The summed E-state index contributed by atoms with van der Waals surface area (Å²) in [5.41, 5.74) is -0.211. The SMILES string of the molecule is O=C(O)Nc1ccc2c(=O)n3c(nc2c1)C(=O)c1cc([N+](=O)[O-])ccc1-3. The number of carbonyl (C=O) groups is 2. The highest BCUT2D eigenvalue weighted by atomic mass is 16.6. The van der Waals surface area contributed by atoms with Crippen LogP contribution in [0.1, 0.15) is 16.2 Å². The van der Waals surface area contributed by atoms with E-state index in [-0.39, 0.29) is 39.4 Å². The van der Waals surface area contributed by atoms with E-state index in [1.807, 2.05) is 0 Å². The number of nitrogens with one attached hydrogen (secondary N) is 1. The van der Waals surface area contributed by atoms with Crippen LogP contribution in [-0.2, 0) is 0 Å². The first-order valence-corrected chi connectivity index (χ1v) is 7.27. The number of nitrogens with zero attached hydrogens (tertiary/aromatic N) is 3. The highest BCUT2D eigenvalue weighted by Crippen LogP contribution is 2.29. The Labute approximate surface area is 143 Å². The minimum atomic E-state index is -1.28. The largest absolute Gasteiger partial charge is 0.465 e. The number of ketones is 1. The van der Waals surface area contributed by atoms with Crippen LogP contribution in [0.5, 0.6) is 0 Å². The number of hydrogen-bond donors (Lipinski definition) is 2. The Morgan fingerprint density at radius 2 is 1.96 bits per heavy atom. The predicted molar refractivity (Wildman–Crippen MR) is 89.1 cm³/mol. The summed E-state index contributed by atoms with van der Waals surface area (Å²) in [7, 11) is 0. The van der Waals surface area contributed by atoms with Crippen molar-refractivity contribution in [2.75, 3.05) is 5.32 Å². The Balaban J connectivity index is 1.97. The first-order valence-electron chi connectivity index (χ1n) is 7.27. The minimum Gasteiger partial charge on any atom is -0.465 e. The third-order valence-corrected chi connectivity index (χ3v) is 4.00. The summed E-state index contributed by atoms with van der Waals surface area (Å²) < 4.78 is 1.11. The summed E-state index contributed by atoms with van der Waals surface area (Å²) in [6, 6.07) is 7.78. The molecular formula is C16H8N4O6. The van der Waals surface area contributed by atoms with Crippen LogP contribution in [0.15, 0.2) is 41.2 Å². The van der Waals surface area contributed by atoms with E-state index in [0.717, 1.165) is 10.6 Å². The monoisotopic (exact) mass is 352 g/mol. The molecule has 10 nitrogen and oxygen atoms in total. The molecule has 2 N–H and O–H groups in total. The number of hydrogen-bond acceptors (Lipinski definition) is 6. The number of aromatic nitrogens is 2. The number of nitro groups is 1. The molecule has 4 rings (SSSR count). The van der Waals surface area contributed by atoms with Crippen LogP contribution < -0.4 is 10.9 Å². The van der Waals surface area contributed by atoms with Crippen molar-refractivity contribution in [3.05, 3.63) is 68.3 Å². The van der Waals surface area contributed by atoms with Crippen molar-refractivity contribution in [2.45, 2.75) is 0 Å². The number of anilines is 1. The third-order valence-electron chi connectivity index (χ3n) is 4.00. The van der Waals surface area contributed by atoms with E-state index in [0.29, 0.717) is 0 Å². The molecule has 0 saturated carbocycles. The van der Waals surface area contributed by atoms with Crippen LogP contribution in [0, 0.1) is 10.1 Å². The number of nitro benzene ring substituents is 1. The third kappa shape index (κ3) is 2.13. The summed E-state index contributed by atoms with van der Waals surface area (Å²) in [5, 5.41) is 22.0. The predicted octanol–water partition coefficient (Wildman–Crippen LogP) is 1.93. The lowest BCUT2D eigenvalue weighted by atomic mass is 10.1. The summed E-state index contributed by atoms with van der Waals surface area (Å²) in [6.45, 7) is 0. The highest BCUT2D eigenvalue weighted by molar-refractivity contribution is 6.13. The summed E-state index contributed by atoms with van der Waals surface area (Å²) in [4.78, 5) is 50.5. The molecule has 1 aliphatic heterocycles. The number of fused-ring (bicyclic) bond motifs is 4. The number of amides is 1. The molecule has 2 aromatic carbocycles. The molecule has 0 saturated heterocycles. The molecule has 0 unspecified atom stereocenters. The molecule has 0 radical (unpaired) electrons. The van der Waals surface area contributed by atoms with Crippen molar-refractivity contribution in [2.24, 2.45) is 0 Å². The number of non-ortho nitro benzene ring substituents is 1. The Kier molecular flexibility index (Phi) is 3.09. The molecule has 0 aliphatic carbocycles. The van der Waals surface area contributed by atoms with Crippen molar-refractivity contribution in [3.8, 4) is 5.69 Å². The molecule has 2 heterocycles. The van der Waals surface area contributed by atoms with Gasteiger partial charge in [-0.3, -0.25) is 29.6 Å². The number of carboxylic acid groups (broad SMARTS) is 1. The van der Waals surface area contributed by atoms with Crippen molar-refractivity contribution in [1.82, 2.24) is 9.55 Å². The van der Waals surface area contributed by atoms with E-state index in [2.05, 4.69) is 10.3 Å². The molecular weight excluding hydrogens is 344 g/mol. The van der Waals surface area contributed by atoms with Gasteiger partial charge in [-0.15, -0.1) is 0 Å². The number of rotatable bonds is 2. The number of benzene rings is 2. The van der Waals surface area contributed by atoms with Crippen molar-refractivity contribution in [1.29, 1.82) is 0 Å². The molecule has 10 heteroatoms. The highest BCUT2D eigenvalue weighted by Gasteiger charge is 2.32. The maximum atomic E-state index is 12.8. The Morgan fingerprint density at radius 1 is 1.19 bits per heavy atom. The van der Waals surface area contributed by atoms with Gasteiger partial charge in [-0.1, -0.05) is 0 Å². The van der Waals surface area contributed by atoms with Gasteiger partial charge in [0.15, 0.2) is 5.82 Å². The van der Waals surface area contributed by atoms with Crippen LogP contribution in [0.25, 0.3) is 16.6 Å². The van der Waals surface area contributed by atoms with Crippen molar-refractivity contribution >= 4 is 34.2 Å².